The standard InChI is InChI=1S/C12H17ClN2O2S/c1-9-2-3-12(11(13)6-9)18(16,17)15-8-10-4-5-14-7-10/h2-3,6,10,14-15H,4-5,7-8H2,1H3. The lowest BCUT2D eigenvalue weighted by Crippen LogP contribution is -2.30. The minimum Gasteiger partial charge on any atom is -0.316 e. The highest BCUT2D eigenvalue weighted by molar-refractivity contribution is 7.89. The van der Waals surface area contributed by atoms with E-state index in [1.54, 1.807) is 18.2 Å². The minimum atomic E-state index is -3.50. The molecule has 2 rings (SSSR count). The van der Waals surface area contributed by atoms with Crippen LogP contribution < -0.4 is 10.0 Å². The molecule has 1 fully saturated rings. The van der Waals surface area contributed by atoms with E-state index in [0.29, 0.717) is 12.5 Å². The molecule has 0 aromatic heterocycles. The largest absolute Gasteiger partial charge is 0.316 e. The van der Waals surface area contributed by atoms with E-state index >= 15 is 0 Å². The van der Waals surface area contributed by atoms with Crippen LogP contribution in [0.4, 0.5) is 0 Å². The zero-order valence-electron chi connectivity index (χ0n) is 10.2. The van der Waals surface area contributed by atoms with Crippen LogP contribution in [0.25, 0.3) is 0 Å². The summed E-state index contributed by atoms with van der Waals surface area (Å²) in [6.45, 7) is 4.15. The Morgan fingerprint density at radius 1 is 1.50 bits per heavy atom. The second kappa shape index (κ2) is 5.57. The summed E-state index contributed by atoms with van der Waals surface area (Å²) in [6.07, 6.45) is 1.00. The smallest absolute Gasteiger partial charge is 0.242 e. The topological polar surface area (TPSA) is 58.2 Å². The van der Waals surface area contributed by atoms with E-state index in [2.05, 4.69) is 10.0 Å². The lowest BCUT2D eigenvalue weighted by atomic mass is 10.1. The minimum absolute atomic E-state index is 0.153. The van der Waals surface area contributed by atoms with Crippen LogP contribution in [0.1, 0.15) is 12.0 Å². The molecule has 4 nitrogen and oxygen atoms in total. The monoisotopic (exact) mass is 288 g/mol. The molecule has 1 unspecified atom stereocenters. The van der Waals surface area contributed by atoms with E-state index < -0.39 is 10.0 Å². The summed E-state index contributed by atoms with van der Waals surface area (Å²) in [7, 11) is -3.50. The summed E-state index contributed by atoms with van der Waals surface area (Å²) in [6, 6.07) is 4.96. The number of hydrogen-bond donors (Lipinski definition) is 2. The van der Waals surface area contributed by atoms with Gasteiger partial charge in [-0.3, -0.25) is 0 Å². The van der Waals surface area contributed by atoms with E-state index in [-0.39, 0.29) is 9.92 Å². The van der Waals surface area contributed by atoms with Crippen molar-refractivity contribution in [2.24, 2.45) is 5.92 Å². The molecule has 0 aliphatic carbocycles. The summed E-state index contributed by atoms with van der Waals surface area (Å²) in [5, 5.41) is 3.48. The Hall–Kier alpha value is -0.620. The van der Waals surface area contributed by atoms with Crippen molar-refractivity contribution < 1.29 is 8.42 Å². The highest BCUT2D eigenvalue weighted by atomic mass is 35.5. The average Bonchev–Trinajstić information content (AvgIpc) is 2.78. The lowest BCUT2D eigenvalue weighted by Gasteiger charge is -2.12. The van der Waals surface area contributed by atoms with Gasteiger partial charge in [-0.1, -0.05) is 17.7 Å². The first-order valence-corrected chi connectivity index (χ1v) is 7.82. The highest BCUT2D eigenvalue weighted by Gasteiger charge is 2.21. The number of hydrogen-bond acceptors (Lipinski definition) is 3. The average molecular weight is 289 g/mol. The fourth-order valence-corrected chi connectivity index (χ4v) is 3.73. The Balaban J connectivity index is 2.09. The lowest BCUT2D eigenvalue weighted by molar-refractivity contribution is 0.539. The number of aryl methyl sites for hydroxylation is 1. The third kappa shape index (κ3) is 3.23. The third-order valence-electron chi connectivity index (χ3n) is 3.10. The van der Waals surface area contributed by atoms with Crippen LogP contribution in [0.5, 0.6) is 0 Å². The second-order valence-electron chi connectivity index (χ2n) is 4.64. The molecule has 1 saturated heterocycles. The first kappa shape index (κ1) is 13.8. The van der Waals surface area contributed by atoms with Crippen molar-refractivity contribution in [2.75, 3.05) is 19.6 Å². The maximum Gasteiger partial charge on any atom is 0.242 e. The van der Waals surface area contributed by atoms with Gasteiger partial charge in [0.05, 0.1) is 5.02 Å². The molecule has 18 heavy (non-hydrogen) atoms. The number of rotatable bonds is 4. The Morgan fingerprint density at radius 3 is 2.89 bits per heavy atom. The molecule has 1 aromatic rings. The molecule has 6 heteroatoms. The van der Waals surface area contributed by atoms with Gasteiger partial charge in [0, 0.05) is 6.54 Å². The van der Waals surface area contributed by atoms with Gasteiger partial charge in [0.25, 0.3) is 0 Å². The molecule has 0 spiro atoms. The van der Waals surface area contributed by atoms with Crippen molar-refractivity contribution in [1.29, 1.82) is 0 Å². The maximum atomic E-state index is 12.1. The molecule has 0 amide bonds. The van der Waals surface area contributed by atoms with E-state index in [0.717, 1.165) is 25.1 Å². The first-order valence-electron chi connectivity index (χ1n) is 5.95. The second-order valence-corrected chi connectivity index (χ2v) is 6.79. The van der Waals surface area contributed by atoms with Crippen molar-refractivity contribution in [1.82, 2.24) is 10.0 Å². The highest BCUT2D eigenvalue weighted by Crippen LogP contribution is 2.22. The zero-order chi connectivity index (χ0) is 13.2. The molecule has 0 radical (unpaired) electrons. The maximum absolute atomic E-state index is 12.1. The summed E-state index contributed by atoms with van der Waals surface area (Å²) >= 11 is 5.98. The quantitative estimate of drug-likeness (QED) is 0.883. The van der Waals surface area contributed by atoms with Crippen molar-refractivity contribution in [3.8, 4) is 0 Å². The normalized spacial score (nSPS) is 20.2. The Kier molecular flexibility index (Phi) is 4.27. The molecular weight excluding hydrogens is 272 g/mol. The van der Waals surface area contributed by atoms with Gasteiger partial charge in [-0.25, -0.2) is 13.1 Å². The van der Waals surface area contributed by atoms with Gasteiger partial charge in [0.15, 0.2) is 0 Å². The summed E-state index contributed by atoms with van der Waals surface area (Å²) in [5.41, 5.74) is 0.943. The van der Waals surface area contributed by atoms with Gasteiger partial charge >= 0.3 is 0 Å². The fraction of sp³-hybridized carbons (Fsp3) is 0.500. The van der Waals surface area contributed by atoms with Crippen LogP contribution >= 0.6 is 11.6 Å². The molecule has 2 N–H and O–H groups in total. The zero-order valence-corrected chi connectivity index (χ0v) is 11.8. The Labute approximate surface area is 113 Å². The van der Waals surface area contributed by atoms with Gasteiger partial charge in [-0.2, -0.15) is 0 Å². The summed E-state index contributed by atoms with van der Waals surface area (Å²) in [4.78, 5) is 0.153. The molecular formula is C12H17ClN2O2S. The SMILES string of the molecule is Cc1ccc(S(=O)(=O)NCC2CCNC2)c(Cl)c1. The van der Waals surface area contributed by atoms with Gasteiger partial charge in [0.2, 0.25) is 10.0 Å². The van der Waals surface area contributed by atoms with E-state index in [1.165, 1.54) is 0 Å². The molecule has 1 heterocycles. The van der Waals surface area contributed by atoms with Crippen LogP contribution in [-0.4, -0.2) is 28.1 Å². The summed E-state index contributed by atoms with van der Waals surface area (Å²) in [5.74, 6) is 0.365. The van der Waals surface area contributed by atoms with Crippen LogP contribution in [0.3, 0.4) is 0 Å². The predicted octanol–water partition coefficient (Wildman–Crippen LogP) is 1.54. The number of halogens is 1. The molecule has 0 bridgehead atoms. The molecule has 1 aromatic carbocycles. The first-order chi connectivity index (χ1) is 8.49. The molecule has 100 valence electrons. The van der Waals surface area contributed by atoms with E-state index in [9.17, 15) is 8.42 Å². The van der Waals surface area contributed by atoms with E-state index in [1.807, 2.05) is 6.92 Å². The fourth-order valence-electron chi connectivity index (χ4n) is 2.02. The van der Waals surface area contributed by atoms with Crippen molar-refractivity contribution in [3.05, 3.63) is 28.8 Å². The predicted molar refractivity (Wildman–Crippen MR) is 72.4 cm³/mol. The van der Waals surface area contributed by atoms with E-state index in [4.69, 9.17) is 11.6 Å². The number of sulfonamides is 1. The number of benzene rings is 1. The summed E-state index contributed by atoms with van der Waals surface area (Å²) < 4.78 is 26.8. The van der Waals surface area contributed by atoms with Gasteiger partial charge < -0.3 is 5.32 Å². The molecule has 1 aliphatic heterocycles. The Morgan fingerprint density at radius 2 is 2.28 bits per heavy atom. The van der Waals surface area contributed by atoms with Crippen LogP contribution in [0.15, 0.2) is 23.1 Å². The number of nitrogens with one attached hydrogen (secondary N) is 2. The van der Waals surface area contributed by atoms with Gasteiger partial charge in [0.1, 0.15) is 4.90 Å². The van der Waals surface area contributed by atoms with Gasteiger partial charge in [-0.15, -0.1) is 0 Å². The van der Waals surface area contributed by atoms with Crippen LogP contribution in [0.2, 0.25) is 5.02 Å². The van der Waals surface area contributed by atoms with Crippen molar-refractivity contribution in [3.63, 3.8) is 0 Å². The van der Waals surface area contributed by atoms with Crippen LogP contribution in [-0.2, 0) is 10.0 Å². The molecule has 1 atom stereocenters. The van der Waals surface area contributed by atoms with Gasteiger partial charge in [-0.05, 0) is 50.0 Å². The molecule has 0 saturated carbocycles. The third-order valence-corrected chi connectivity index (χ3v) is 5.01. The van der Waals surface area contributed by atoms with Crippen molar-refractivity contribution >= 4 is 21.6 Å². The molecule has 1 aliphatic rings. The van der Waals surface area contributed by atoms with Crippen LogP contribution in [0, 0.1) is 12.8 Å². The Bertz CT molecular complexity index is 525. The van der Waals surface area contributed by atoms with Crippen molar-refractivity contribution in [2.45, 2.75) is 18.2 Å².